The van der Waals surface area contributed by atoms with Crippen LogP contribution in [0.4, 0.5) is 10.5 Å². The quantitative estimate of drug-likeness (QED) is 0.862. The van der Waals surface area contributed by atoms with Crippen LogP contribution in [-0.4, -0.2) is 35.5 Å². The van der Waals surface area contributed by atoms with Crippen LogP contribution < -0.4 is 5.32 Å². The summed E-state index contributed by atoms with van der Waals surface area (Å²) in [5, 5.41) is 2.95. The van der Waals surface area contributed by atoms with E-state index in [9.17, 15) is 4.79 Å². The van der Waals surface area contributed by atoms with Gasteiger partial charge in [0.15, 0.2) is 0 Å². The number of amides is 2. The van der Waals surface area contributed by atoms with Crippen molar-refractivity contribution >= 4 is 39.4 Å². The summed E-state index contributed by atoms with van der Waals surface area (Å²) in [6.07, 6.45) is 0. The molecule has 0 aromatic heterocycles. The summed E-state index contributed by atoms with van der Waals surface area (Å²) in [5.41, 5.74) is 1.96. The second-order valence-corrected chi connectivity index (χ2v) is 5.98. The van der Waals surface area contributed by atoms with Crippen LogP contribution in [0, 0.1) is 6.92 Å². The van der Waals surface area contributed by atoms with Crippen molar-refractivity contribution in [3.8, 4) is 0 Å². The summed E-state index contributed by atoms with van der Waals surface area (Å²) < 4.78 is 0.958. The molecule has 1 N–H and O–H groups in total. The molecule has 1 saturated heterocycles. The zero-order valence-corrected chi connectivity index (χ0v) is 12.1. The van der Waals surface area contributed by atoms with Gasteiger partial charge in [0.1, 0.15) is 0 Å². The smallest absolute Gasteiger partial charge is 0.321 e. The number of nitrogens with one attached hydrogen (secondary N) is 1. The average Bonchev–Trinajstić information content (AvgIpc) is 2.36. The topological polar surface area (TPSA) is 32.3 Å². The highest BCUT2D eigenvalue weighted by atomic mass is 79.9. The van der Waals surface area contributed by atoms with Gasteiger partial charge in [-0.25, -0.2) is 4.79 Å². The summed E-state index contributed by atoms with van der Waals surface area (Å²) in [7, 11) is 0. The lowest BCUT2D eigenvalue weighted by Gasteiger charge is -2.26. The van der Waals surface area contributed by atoms with E-state index in [2.05, 4.69) is 21.2 Å². The molecule has 1 heterocycles. The highest BCUT2D eigenvalue weighted by Gasteiger charge is 2.17. The Morgan fingerprint density at radius 1 is 1.41 bits per heavy atom. The standard InChI is InChI=1S/C12H15BrN2OS/c1-9-3-2-4-10(11(9)13)14-12(16)15-5-7-17-8-6-15/h2-4H,5-8H2,1H3,(H,14,16). The maximum atomic E-state index is 12.0. The second kappa shape index (κ2) is 5.78. The molecule has 0 radical (unpaired) electrons. The van der Waals surface area contributed by atoms with Crippen LogP contribution in [0.2, 0.25) is 0 Å². The van der Waals surface area contributed by atoms with Gasteiger partial charge in [-0.1, -0.05) is 12.1 Å². The number of carbonyl (C=O) groups is 1. The maximum Gasteiger partial charge on any atom is 0.321 e. The molecule has 1 aromatic rings. The molecule has 92 valence electrons. The fourth-order valence-corrected chi connectivity index (χ4v) is 2.97. The van der Waals surface area contributed by atoms with Crippen molar-refractivity contribution in [2.24, 2.45) is 0 Å². The monoisotopic (exact) mass is 314 g/mol. The molecule has 1 aromatic carbocycles. The highest BCUT2D eigenvalue weighted by molar-refractivity contribution is 9.10. The average molecular weight is 315 g/mol. The third kappa shape index (κ3) is 3.16. The summed E-state index contributed by atoms with van der Waals surface area (Å²) >= 11 is 5.39. The van der Waals surface area contributed by atoms with Crippen molar-refractivity contribution in [1.29, 1.82) is 0 Å². The van der Waals surface area contributed by atoms with E-state index in [1.807, 2.05) is 41.8 Å². The van der Waals surface area contributed by atoms with E-state index in [4.69, 9.17) is 0 Å². The van der Waals surface area contributed by atoms with Crippen LogP contribution in [-0.2, 0) is 0 Å². The first-order valence-corrected chi connectivity index (χ1v) is 7.52. The fraction of sp³-hybridized carbons (Fsp3) is 0.417. The van der Waals surface area contributed by atoms with Crippen molar-refractivity contribution < 1.29 is 4.79 Å². The van der Waals surface area contributed by atoms with Crippen molar-refractivity contribution in [2.45, 2.75) is 6.92 Å². The number of rotatable bonds is 1. The van der Waals surface area contributed by atoms with Gasteiger partial charge >= 0.3 is 6.03 Å². The Bertz CT molecular complexity index is 419. The number of aryl methyl sites for hydroxylation is 1. The van der Waals surface area contributed by atoms with Gasteiger partial charge in [0.25, 0.3) is 0 Å². The van der Waals surface area contributed by atoms with E-state index in [0.29, 0.717) is 0 Å². The molecule has 3 nitrogen and oxygen atoms in total. The Morgan fingerprint density at radius 3 is 2.82 bits per heavy atom. The predicted molar refractivity (Wildman–Crippen MR) is 76.8 cm³/mol. The zero-order valence-electron chi connectivity index (χ0n) is 9.70. The van der Waals surface area contributed by atoms with E-state index < -0.39 is 0 Å². The van der Waals surface area contributed by atoms with Crippen molar-refractivity contribution in [2.75, 3.05) is 29.9 Å². The molecule has 0 spiro atoms. The number of thioether (sulfide) groups is 1. The molecule has 2 rings (SSSR count). The number of nitrogens with zero attached hydrogens (tertiary/aromatic N) is 1. The minimum Gasteiger partial charge on any atom is -0.323 e. The molecule has 2 amide bonds. The van der Waals surface area contributed by atoms with Crippen LogP contribution in [0.5, 0.6) is 0 Å². The van der Waals surface area contributed by atoms with Gasteiger partial charge in [0, 0.05) is 29.1 Å². The van der Waals surface area contributed by atoms with E-state index >= 15 is 0 Å². The normalized spacial score (nSPS) is 15.8. The van der Waals surface area contributed by atoms with Crippen LogP contribution >= 0.6 is 27.7 Å². The molecular formula is C12H15BrN2OS. The molecule has 0 aliphatic carbocycles. The van der Waals surface area contributed by atoms with E-state index in [1.165, 1.54) is 0 Å². The Labute approximate surface area is 114 Å². The number of hydrogen-bond donors (Lipinski definition) is 1. The van der Waals surface area contributed by atoms with Gasteiger partial charge in [-0.3, -0.25) is 0 Å². The van der Waals surface area contributed by atoms with Crippen LogP contribution in [0.1, 0.15) is 5.56 Å². The first-order chi connectivity index (χ1) is 8.18. The molecular weight excluding hydrogens is 300 g/mol. The lowest BCUT2D eigenvalue weighted by atomic mass is 10.2. The first kappa shape index (κ1) is 12.8. The largest absolute Gasteiger partial charge is 0.323 e. The first-order valence-electron chi connectivity index (χ1n) is 5.57. The number of urea groups is 1. The molecule has 0 unspecified atom stereocenters. The summed E-state index contributed by atoms with van der Waals surface area (Å²) in [6, 6.07) is 5.86. The lowest BCUT2D eigenvalue weighted by molar-refractivity contribution is 0.217. The fourth-order valence-electron chi connectivity index (χ4n) is 1.70. The summed E-state index contributed by atoms with van der Waals surface area (Å²) in [6.45, 7) is 3.68. The Morgan fingerprint density at radius 2 is 2.12 bits per heavy atom. The molecule has 1 fully saturated rings. The Balaban J connectivity index is 2.04. The number of anilines is 1. The van der Waals surface area contributed by atoms with Crippen LogP contribution in [0.15, 0.2) is 22.7 Å². The Kier molecular flexibility index (Phi) is 4.34. The van der Waals surface area contributed by atoms with E-state index in [0.717, 1.165) is 40.3 Å². The lowest BCUT2D eigenvalue weighted by Crippen LogP contribution is -2.40. The van der Waals surface area contributed by atoms with Crippen molar-refractivity contribution in [3.05, 3.63) is 28.2 Å². The predicted octanol–water partition coefficient (Wildman–Crippen LogP) is 3.34. The van der Waals surface area contributed by atoms with E-state index in [-0.39, 0.29) is 6.03 Å². The maximum absolute atomic E-state index is 12.0. The zero-order chi connectivity index (χ0) is 12.3. The minimum atomic E-state index is -0.00315. The number of halogens is 1. The van der Waals surface area contributed by atoms with Gasteiger partial charge < -0.3 is 10.2 Å². The molecule has 0 bridgehead atoms. The number of benzene rings is 1. The summed E-state index contributed by atoms with van der Waals surface area (Å²) in [5.74, 6) is 2.06. The number of carbonyl (C=O) groups excluding carboxylic acids is 1. The molecule has 0 saturated carbocycles. The molecule has 17 heavy (non-hydrogen) atoms. The third-order valence-electron chi connectivity index (χ3n) is 2.73. The van der Waals surface area contributed by atoms with Gasteiger partial charge in [-0.05, 0) is 34.5 Å². The molecule has 0 atom stereocenters. The number of hydrogen-bond acceptors (Lipinski definition) is 2. The SMILES string of the molecule is Cc1cccc(NC(=O)N2CCSCC2)c1Br. The van der Waals surface area contributed by atoms with E-state index in [1.54, 1.807) is 0 Å². The molecule has 1 aliphatic heterocycles. The van der Waals surface area contributed by atoms with Crippen molar-refractivity contribution in [3.63, 3.8) is 0 Å². The van der Waals surface area contributed by atoms with Gasteiger partial charge in [0.2, 0.25) is 0 Å². The van der Waals surface area contributed by atoms with Gasteiger partial charge in [-0.15, -0.1) is 0 Å². The van der Waals surface area contributed by atoms with Crippen LogP contribution in [0.25, 0.3) is 0 Å². The molecule has 1 aliphatic rings. The molecule has 5 heteroatoms. The van der Waals surface area contributed by atoms with Crippen molar-refractivity contribution in [1.82, 2.24) is 4.90 Å². The van der Waals surface area contributed by atoms with Gasteiger partial charge in [-0.2, -0.15) is 11.8 Å². The second-order valence-electron chi connectivity index (χ2n) is 3.97. The Hall–Kier alpha value is -0.680. The highest BCUT2D eigenvalue weighted by Crippen LogP contribution is 2.26. The summed E-state index contributed by atoms with van der Waals surface area (Å²) in [4.78, 5) is 13.9. The minimum absolute atomic E-state index is 0.00315. The van der Waals surface area contributed by atoms with Crippen LogP contribution in [0.3, 0.4) is 0 Å². The van der Waals surface area contributed by atoms with Gasteiger partial charge in [0.05, 0.1) is 5.69 Å². The third-order valence-corrected chi connectivity index (χ3v) is 4.73.